The van der Waals surface area contributed by atoms with Gasteiger partial charge in [0, 0.05) is 18.7 Å². The predicted octanol–water partition coefficient (Wildman–Crippen LogP) is 5.54. The van der Waals surface area contributed by atoms with Gasteiger partial charge in [0.15, 0.2) is 0 Å². The third-order valence-corrected chi connectivity index (χ3v) is 9.50. The standard InChI is InChI=1S/C35H33N3O5S/c1-3-37(4-2)34(40)32(33(36)39)22-24-16-19-28(20-17-24)38(35(41)31-15-9-13-26-11-7-8-14-30(26)31)44(42,43)29-21-18-25-10-5-6-12-27(25)23-29/h5-21,23,32H,3-4,22H2,1-2H3,(H2,36,39). The van der Waals surface area contributed by atoms with E-state index in [9.17, 15) is 22.8 Å². The molecular weight excluding hydrogens is 574 g/mol. The summed E-state index contributed by atoms with van der Waals surface area (Å²) in [4.78, 5) is 41.0. The SMILES string of the molecule is CCN(CC)C(=O)C(Cc1ccc(N(C(=O)c2cccc3ccccc23)S(=O)(=O)c2ccc3ccccc3c2)cc1)C(N)=O. The quantitative estimate of drug-likeness (QED) is 0.209. The number of carbonyl (C=O) groups is 3. The normalized spacial score (nSPS) is 12.1. The molecule has 0 bridgehead atoms. The van der Waals surface area contributed by atoms with Gasteiger partial charge in [-0.1, -0.05) is 78.9 Å². The van der Waals surface area contributed by atoms with Crippen molar-refractivity contribution in [2.24, 2.45) is 11.7 Å². The van der Waals surface area contributed by atoms with Gasteiger partial charge in [0.05, 0.1) is 10.6 Å². The topological polar surface area (TPSA) is 118 Å². The Morgan fingerprint density at radius 1 is 0.727 bits per heavy atom. The van der Waals surface area contributed by atoms with Crippen LogP contribution in [0.2, 0.25) is 0 Å². The minimum Gasteiger partial charge on any atom is -0.369 e. The second-order valence-electron chi connectivity index (χ2n) is 10.4. The van der Waals surface area contributed by atoms with Crippen LogP contribution in [0.3, 0.4) is 0 Å². The smallest absolute Gasteiger partial charge is 0.272 e. The molecule has 5 aromatic rings. The first-order valence-electron chi connectivity index (χ1n) is 14.4. The highest BCUT2D eigenvalue weighted by Gasteiger charge is 2.33. The molecule has 5 aromatic carbocycles. The monoisotopic (exact) mass is 607 g/mol. The Balaban J connectivity index is 1.58. The highest BCUT2D eigenvalue weighted by molar-refractivity contribution is 7.93. The summed E-state index contributed by atoms with van der Waals surface area (Å²) in [6, 6.07) is 30.9. The third kappa shape index (κ3) is 5.91. The first kappa shape index (κ1) is 30.4. The molecule has 0 aliphatic rings. The Morgan fingerprint density at radius 2 is 1.34 bits per heavy atom. The molecule has 8 nitrogen and oxygen atoms in total. The largest absolute Gasteiger partial charge is 0.369 e. The number of anilines is 1. The van der Waals surface area contributed by atoms with Gasteiger partial charge in [-0.15, -0.1) is 0 Å². The third-order valence-electron chi connectivity index (χ3n) is 7.79. The van der Waals surface area contributed by atoms with E-state index >= 15 is 0 Å². The first-order chi connectivity index (χ1) is 21.1. The van der Waals surface area contributed by atoms with Crippen LogP contribution in [-0.4, -0.2) is 44.1 Å². The van der Waals surface area contributed by atoms with Crippen molar-refractivity contribution < 1.29 is 22.8 Å². The maximum Gasteiger partial charge on any atom is 0.272 e. The predicted molar refractivity (Wildman–Crippen MR) is 173 cm³/mol. The van der Waals surface area contributed by atoms with Crippen LogP contribution in [0.1, 0.15) is 29.8 Å². The number of rotatable bonds is 10. The van der Waals surface area contributed by atoms with Gasteiger partial charge in [-0.3, -0.25) is 14.4 Å². The molecule has 0 aromatic heterocycles. The van der Waals surface area contributed by atoms with E-state index in [-0.39, 0.29) is 28.5 Å². The summed E-state index contributed by atoms with van der Waals surface area (Å²) in [7, 11) is -4.39. The number of benzene rings is 5. The fourth-order valence-corrected chi connectivity index (χ4v) is 6.83. The van der Waals surface area contributed by atoms with Gasteiger partial charge in [0.2, 0.25) is 11.8 Å². The fraction of sp³-hybridized carbons (Fsp3) is 0.171. The van der Waals surface area contributed by atoms with E-state index in [1.54, 1.807) is 53.4 Å². The molecule has 2 N–H and O–H groups in total. The van der Waals surface area contributed by atoms with E-state index in [1.165, 1.54) is 18.2 Å². The lowest BCUT2D eigenvalue weighted by Crippen LogP contribution is -2.42. The van der Waals surface area contributed by atoms with Crippen molar-refractivity contribution in [3.05, 3.63) is 120 Å². The molecule has 0 aliphatic carbocycles. The average molecular weight is 608 g/mol. The Morgan fingerprint density at radius 3 is 2.00 bits per heavy atom. The van der Waals surface area contributed by atoms with Gasteiger partial charge in [-0.2, -0.15) is 4.31 Å². The van der Waals surface area contributed by atoms with Crippen molar-refractivity contribution >= 4 is 55.0 Å². The molecule has 0 saturated carbocycles. The van der Waals surface area contributed by atoms with E-state index in [2.05, 4.69) is 0 Å². The van der Waals surface area contributed by atoms with Crippen LogP contribution in [0.5, 0.6) is 0 Å². The van der Waals surface area contributed by atoms with Crippen LogP contribution in [0.25, 0.3) is 21.5 Å². The zero-order chi connectivity index (χ0) is 31.4. The number of sulfonamides is 1. The summed E-state index contributed by atoms with van der Waals surface area (Å²) in [5, 5.41) is 3.00. The van der Waals surface area contributed by atoms with Crippen molar-refractivity contribution in [1.29, 1.82) is 0 Å². The van der Waals surface area contributed by atoms with Crippen molar-refractivity contribution in [3.8, 4) is 0 Å². The number of amides is 3. The molecule has 0 radical (unpaired) electrons. The molecule has 0 aliphatic heterocycles. The van der Waals surface area contributed by atoms with Gasteiger partial charge in [0.1, 0.15) is 5.92 Å². The summed E-state index contributed by atoms with van der Waals surface area (Å²) in [6.07, 6.45) is 0.0413. The number of primary amides is 1. The lowest BCUT2D eigenvalue weighted by molar-refractivity contribution is -0.140. The number of hydrogen-bond donors (Lipinski definition) is 1. The molecule has 0 spiro atoms. The van der Waals surface area contributed by atoms with Gasteiger partial charge in [-0.25, -0.2) is 8.42 Å². The molecule has 5 rings (SSSR count). The second kappa shape index (κ2) is 12.7. The molecule has 0 saturated heterocycles. The van der Waals surface area contributed by atoms with E-state index in [1.807, 2.05) is 56.3 Å². The van der Waals surface area contributed by atoms with E-state index in [4.69, 9.17) is 5.73 Å². The minimum atomic E-state index is -4.39. The van der Waals surface area contributed by atoms with Crippen LogP contribution >= 0.6 is 0 Å². The van der Waals surface area contributed by atoms with Gasteiger partial charge in [0.25, 0.3) is 15.9 Å². The lowest BCUT2D eigenvalue weighted by Gasteiger charge is -2.25. The number of nitrogens with zero attached hydrogens (tertiary/aromatic N) is 2. The molecule has 0 fully saturated rings. The molecule has 3 amide bonds. The average Bonchev–Trinajstić information content (AvgIpc) is 3.04. The number of nitrogens with two attached hydrogens (primary N) is 1. The Labute approximate surface area is 256 Å². The summed E-state index contributed by atoms with van der Waals surface area (Å²) < 4.78 is 29.4. The minimum absolute atomic E-state index is 0.0347. The second-order valence-corrected chi connectivity index (χ2v) is 12.2. The molecule has 9 heteroatoms. The maximum absolute atomic E-state index is 14.3. The van der Waals surface area contributed by atoms with Gasteiger partial charge >= 0.3 is 0 Å². The van der Waals surface area contributed by atoms with E-state index in [0.29, 0.717) is 24.0 Å². The molecule has 1 atom stereocenters. The zero-order valence-electron chi connectivity index (χ0n) is 24.5. The number of carbonyl (C=O) groups excluding carboxylic acids is 3. The molecule has 0 heterocycles. The number of fused-ring (bicyclic) bond motifs is 2. The molecular formula is C35H33N3O5S. The van der Waals surface area contributed by atoms with Gasteiger partial charge < -0.3 is 10.6 Å². The van der Waals surface area contributed by atoms with Crippen LogP contribution < -0.4 is 10.0 Å². The Bertz CT molecular complexity index is 1960. The van der Waals surface area contributed by atoms with Crippen molar-refractivity contribution in [3.63, 3.8) is 0 Å². The summed E-state index contributed by atoms with van der Waals surface area (Å²) in [5.41, 5.74) is 6.55. The zero-order valence-corrected chi connectivity index (χ0v) is 25.3. The van der Waals surface area contributed by atoms with Crippen LogP contribution in [0, 0.1) is 5.92 Å². The fourth-order valence-electron chi connectivity index (χ4n) is 5.39. The van der Waals surface area contributed by atoms with Crippen molar-refractivity contribution in [2.75, 3.05) is 17.4 Å². The molecule has 1 unspecified atom stereocenters. The highest BCUT2D eigenvalue weighted by Crippen LogP contribution is 2.31. The Kier molecular flexibility index (Phi) is 8.78. The maximum atomic E-state index is 14.3. The summed E-state index contributed by atoms with van der Waals surface area (Å²) >= 11 is 0. The van der Waals surface area contributed by atoms with Crippen LogP contribution in [-0.2, 0) is 26.0 Å². The van der Waals surface area contributed by atoms with E-state index < -0.39 is 27.8 Å². The summed E-state index contributed by atoms with van der Waals surface area (Å²) in [5.74, 6) is -2.89. The van der Waals surface area contributed by atoms with E-state index in [0.717, 1.165) is 20.5 Å². The Hall–Kier alpha value is -5.02. The summed E-state index contributed by atoms with van der Waals surface area (Å²) in [6.45, 7) is 4.53. The number of hydrogen-bond acceptors (Lipinski definition) is 5. The van der Waals surface area contributed by atoms with Crippen molar-refractivity contribution in [1.82, 2.24) is 4.90 Å². The molecule has 44 heavy (non-hydrogen) atoms. The lowest BCUT2D eigenvalue weighted by atomic mass is 9.97. The molecule has 224 valence electrons. The van der Waals surface area contributed by atoms with Crippen molar-refractivity contribution in [2.45, 2.75) is 25.2 Å². The van der Waals surface area contributed by atoms with Gasteiger partial charge in [-0.05, 0) is 77.7 Å². The van der Waals surface area contributed by atoms with Crippen LogP contribution in [0.4, 0.5) is 5.69 Å². The first-order valence-corrected chi connectivity index (χ1v) is 15.8. The highest BCUT2D eigenvalue weighted by atomic mass is 32.2. The van der Waals surface area contributed by atoms with Crippen LogP contribution in [0.15, 0.2) is 114 Å².